The molecule has 0 fully saturated rings. The van der Waals surface area contributed by atoms with E-state index in [1.165, 1.54) is 38.9 Å². The molecule has 4 aromatic carbocycles. The Morgan fingerprint density at radius 1 is 0.440 bits per heavy atom. The fourth-order valence-electron chi connectivity index (χ4n) is 3.39. The number of hydrogen-bond donors (Lipinski definition) is 0. The van der Waals surface area contributed by atoms with Crippen LogP contribution in [0.2, 0.25) is 0 Å². The molecule has 4 aromatic rings. The second kappa shape index (κ2) is 6.78. The van der Waals surface area contributed by atoms with Gasteiger partial charge in [-0.25, -0.2) is 0 Å². The first-order valence-corrected chi connectivity index (χ1v) is 8.64. The van der Waals surface area contributed by atoms with E-state index < -0.39 is 0 Å². The third-order valence-electron chi connectivity index (χ3n) is 4.51. The first-order chi connectivity index (χ1) is 12.3. The lowest BCUT2D eigenvalue weighted by Gasteiger charge is -2.17. The van der Waals surface area contributed by atoms with Gasteiger partial charge in [0.1, 0.15) is 0 Å². The molecule has 0 nitrogen and oxygen atoms in total. The van der Waals surface area contributed by atoms with E-state index in [1.807, 2.05) is 0 Å². The van der Waals surface area contributed by atoms with Gasteiger partial charge >= 0.3 is 0 Å². The molecular formula is C25H20. The van der Waals surface area contributed by atoms with Crippen LogP contribution in [0.5, 0.6) is 0 Å². The second-order valence-corrected chi connectivity index (χ2v) is 6.33. The van der Waals surface area contributed by atoms with Gasteiger partial charge in [0.15, 0.2) is 0 Å². The van der Waals surface area contributed by atoms with Gasteiger partial charge in [0.2, 0.25) is 0 Å². The Labute approximate surface area is 149 Å². The summed E-state index contributed by atoms with van der Waals surface area (Å²) < 4.78 is 0. The van der Waals surface area contributed by atoms with E-state index in [0.717, 1.165) is 0 Å². The summed E-state index contributed by atoms with van der Waals surface area (Å²) in [5, 5.41) is 0. The highest BCUT2D eigenvalue weighted by molar-refractivity contribution is 5.95. The van der Waals surface area contributed by atoms with Crippen molar-refractivity contribution in [2.24, 2.45) is 0 Å². The van der Waals surface area contributed by atoms with Crippen molar-refractivity contribution in [3.8, 4) is 33.4 Å². The van der Waals surface area contributed by atoms with Gasteiger partial charge in [0.05, 0.1) is 0 Å². The molecule has 0 aromatic heterocycles. The summed E-state index contributed by atoms with van der Waals surface area (Å²) in [5.74, 6) is 0. The average molecular weight is 320 g/mol. The molecule has 0 N–H and O–H groups in total. The summed E-state index contributed by atoms with van der Waals surface area (Å²) in [6.45, 7) is 2.17. The quantitative estimate of drug-likeness (QED) is 0.381. The van der Waals surface area contributed by atoms with Gasteiger partial charge in [0, 0.05) is 0 Å². The van der Waals surface area contributed by atoms with E-state index >= 15 is 0 Å². The molecule has 0 saturated heterocycles. The molecule has 0 radical (unpaired) electrons. The normalized spacial score (nSPS) is 10.6. The van der Waals surface area contributed by atoms with Crippen LogP contribution < -0.4 is 0 Å². The zero-order valence-electron chi connectivity index (χ0n) is 14.3. The Morgan fingerprint density at radius 3 is 1.20 bits per heavy atom. The highest BCUT2D eigenvalue weighted by Crippen LogP contribution is 2.40. The Hall–Kier alpha value is -3.12. The van der Waals surface area contributed by atoms with Crippen molar-refractivity contribution in [2.45, 2.75) is 6.92 Å². The molecule has 0 heterocycles. The summed E-state index contributed by atoms with van der Waals surface area (Å²) in [6.07, 6.45) is 0. The fourth-order valence-corrected chi connectivity index (χ4v) is 3.39. The highest BCUT2D eigenvalue weighted by Gasteiger charge is 2.14. The van der Waals surface area contributed by atoms with Gasteiger partial charge in [0.25, 0.3) is 0 Å². The van der Waals surface area contributed by atoms with Crippen molar-refractivity contribution < 1.29 is 0 Å². The Kier molecular flexibility index (Phi) is 4.18. The summed E-state index contributed by atoms with van der Waals surface area (Å²) in [7, 11) is 0. The summed E-state index contributed by atoms with van der Waals surface area (Å²) >= 11 is 0. The molecule has 0 spiro atoms. The van der Waals surface area contributed by atoms with Crippen LogP contribution in [0.25, 0.3) is 33.4 Å². The molecule has 0 heteroatoms. The van der Waals surface area contributed by atoms with Crippen LogP contribution >= 0.6 is 0 Å². The molecule has 0 aliphatic rings. The number of aryl methyl sites for hydroxylation is 1. The third-order valence-corrected chi connectivity index (χ3v) is 4.51. The Morgan fingerprint density at radius 2 is 0.800 bits per heavy atom. The maximum atomic E-state index is 2.30. The van der Waals surface area contributed by atoms with Gasteiger partial charge in [-0.15, -0.1) is 0 Å². The molecular weight excluding hydrogens is 300 g/mol. The highest BCUT2D eigenvalue weighted by atomic mass is 14.2. The lowest BCUT2D eigenvalue weighted by Crippen LogP contribution is -1.92. The van der Waals surface area contributed by atoms with Crippen LogP contribution in [0.1, 0.15) is 5.56 Å². The fraction of sp³-hybridized carbons (Fsp3) is 0.0400. The van der Waals surface area contributed by atoms with Gasteiger partial charge in [-0.2, -0.15) is 0 Å². The van der Waals surface area contributed by atoms with Crippen molar-refractivity contribution in [3.05, 3.63) is 109 Å². The largest absolute Gasteiger partial charge is 0.0622 e. The second-order valence-electron chi connectivity index (χ2n) is 6.33. The molecule has 0 aliphatic heterocycles. The van der Waals surface area contributed by atoms with Crippen molar-refractivity contribution in [1.29, 1.82) is 0 Å². The predicted molar refractivity (Wildman–Crippen MR) is 107 cm³/mol. The number of benzene rings is 4. The van der Waals surface area contributed by atoms with E-state index in [2.05, 4.69) is 110 Å². The van der Waals surface area contributed by atoms with Gasteiger partial charge in [-0.1, -0.05) is 103 Å². The van der Waals surface area contributed by atoms with Gasteiger partial charge in [-0.05, 0) is 45.9 Å². The summed E-state index contributed by atoms with van der Waals surface area (Å²) in [5.41, 5.74) is 8.89. The van der Waals surface area contributed by atoms with Crippen molar-refractivity contribution in [1.82, 2.24) is 0 Å². The maximum Gasteiger partial charge on any atom is -0.00266 e. The van der Waals surface area contributed by atoms with E-state index in [9.17, 15) is 0 Å². The van der Waals surface area contributed by atoms with Crippen LogP contribution in [-0.2, 0) is 0 Å². The molecule has 0 saturated carbocycles. The third kappa shape index (κ3) is 3.12. The lowest BCUT2D eigenvalue weighted by molar-refractivity contribution is 1.45. The average Bonchev–Trinajstić information content (AvgIpc) is 2.69. The van der Waals surface area contributed by atoms with Crippen LogP contribution in [0.4, 0.5) is 0 Å². The molecule has 0 bridgehead atoms. The van der Waals surface area contributed by atoms with Crippen LogP contribution in [0.3, 0.4) is 0 Å². The molecule has 0 atom stereocenters. The van der Waals surface area contributed by atoms with E-state index in [4.69, 9.17) is 0 Å². The lowest BCUT2D eigenvalue weighted by atomic mass is 9.86. The number of hydrogen-bond acceptors (Lipinski definition) is 0. The minimum atomic E-state index is 1.25. The molecule has 0 unspecified atom stereocenters. The Balaban J connectivity index is 2.07. The van der Waals surface area contributed by atoms with Crippen LogP contribution in [0, 0.1) is 6.92 Å². The molecule has 0 amide bonds. The van der Waals surface area contributed by atoms with E-state index in [1.54, 1.807) is 0 Å². The summed E-state index contributed by atoms with van der Waals surface area (Å²) in [6, 6.07) is 36.6. The molecule has 0 aliphatic carbocycles. The van der Waals surface area contributed by atoms with E-state index in [-0.39, 0.29) is 0 Å². The van der Waals surface area contributed by atoms with Gasteiger partial charge < -0.3 is 0 Å². The maximum absolute atomic E-state index is 2.30. The summed E-state index contributed by atoms with van der Waals surface area (Å²) in [4.78, 5) is 0. The monoisotopic (exact) mass is 320 g/mol. The minimum Gasteiger partial charge on any atom is -0.0622 e. The SMILES string of the molecule is Cc1cc(-c2ccccc2)c(-c2ccccc2)c(-c2ccccc2)c1. The standard InChI is InChI=1S/C25H20/c1-19-17-23(20-11-5-2-6-12-20)25(22-15-9-4-10-16-22)24(18-19)21-13-7-3-8-14-21/h2-18H,1H3. The zero-order chi connectivity index (χ0) is 17.1. The predicted octanol–water partition coefficient (Wildman–Crippen LogP) is 7.00. The molecule has 25 heavy (non-hydrogen) atoms. The van der Waals surface area contributed by atoms with Crippen molar-refractivity contribution in [2.75, 3.05) is 0 Å². The Bertz CT molecular complexity index is 908. The first-order valence-electron chi connectivity index (χ1n) is 8.64. The zero-order valence-corrected chi connectivity index (χ0v) is 14.3. The van der Waals surface area contributed by atoms with Gasteiger partial charge in [-0.3, -0.25) is 0 Å². The smallest absolute Gasteiger partial charge is 0.00266 e. The van der Waals surface area contributed by atoms with Crippen LogP contribution in [0.15, 0.2) is 103 Å². The first kappa shape index (κ1) is 15.4. The van der Waals surface area contributed by atoms with Crippen molar-refractivity contribution in [3.63, 3.8) is 0 Å². The number of rotatable bonds is 3. The topological polar surface area (TPSA) is 0 Å². The molecule has 4 rings (SSSR count). The van der Waals surface area contributed by atoms with Crippen molar-refractivity contribution >= 4 is 0 Å². The minimum absolute atomic E-state index is 1.25. The van der Waals surface area contributed by atoms with E-state index in [0.29, 0.717) is 0 Å². The molecule has 120 valence electrons. The van der Waals surface area contributed by atoms with Crippen LogP contribution in [-0.4, -0.2) is 0 Å².